The lowest BCUT2D eigenvalue weighted by Gasteiger charge is -2.12. The molecule has 0 radical (unpaired) electrons. The fraction of sp³-hybridized carbons (Fsp3) is 0.111. The number of phenolic OH excluding ortho intramolecular Hbond substituents is 1. The summed E-state index contributed by atoms with van der Waals surface area (Å²) in [6.45, 7) is 0. The number of allylic oxidation sites excluding steroid dienone is 4. The van der Waals surface area contributed by atoms with Gasteiger partial charge in [-0.15, -0.1) is 0 Å². The Labute approximate surface area is 113 Å². The van der Waals surface area contributed by atoms with Crippen LogP contribution in [-0.4, -0.2) is 5.11 Å². The van der Waals surface area contributed by atoms with Crippen LogP contribution in [0.15, 0.2) is 66.8 Å². The molecule has 94 valence electrons. The molecule has 0 bridgehead atoms. The van der Waals surface area contributed by atoms with Gasteiger partial charge in [0.15, 0.2) is 0 Å². The molecule has 3 rings (SSSR count). The Morgan fingerprint density at radius 1 is 0.789 bits per heavy atom. The normalized spacial score (nSPS) is 14.2. The highest BCUT2D eigenvalue weighted by atomic mass is 16.3. The van der Waals surface area contributed by atoms with Crippen molar-refractivity contribution in [1.82, 2.24) is 0 Å². The minimum Gasteiger partial charge on any atom is -0.507 e. The lowest BCUT2D eigenvalue weighted by atomic mass is 9.94. The lowest BCUT2D eigenvalue weighted by Crippen LogP contribution is -1.89. The smallest absolute Gasteiger partial charge is 0.131 e. The first-order valence-corrected chi connectivity index (χ1v) is 6.61. The third-order valence-electron chi connectivity index (χ3n) is 3.43. The summed E-state index contributed by atoms with van der Waals surface area (Å²) in [6.07, 6.45) is 8.56. The summed E-state index contributed by atoms with van der Waals surface area (Å²) in [5, 5.41) is 10.5. The van der Waals surface area contributed by atoms with Crippen LogP contribution in [0.25, 0.3) is 16.7 Å². The third-order valence-corrected chi connectivity index (χ3v) is 3.43. The molecule has 0 heterocycles. The summed E-state index contributed by atoms with van der Waals surface area (Å²) in [5.74, 6) is 0.367. The van der Waals surface area contributed by atoms with E-state index in [2.05, 4.69) is 18.2 Å². The summed E-state index contributed by atoms with van der Waals surface area (Å²) in [7, 11) is 0. The summed E-state index contributed by atoms with van der Waals surface area (Å²) in [4.78, 5) is 0. The quantitative estimate of drug-likeness (QED) is 0.810. The van der Waals surface area contributed by atoms with Crippen LogP contribution >= 0.6 is 0 Å². The molecule has 0 atom stereocenters. The molecule has 19 heavy (non-hydrogen) atoms. The van der Waals surface area contributed by atoms with Gasteiger partial charge < -0.3 is 5.11 Å². The van der Waals surface area contributed by atoms with Crippen molar-refractivity contribution in [2.45, 2.75) is 12.8 Å². The maximum atomic E-state index is 10.5. The van der Waals surface area contributed by atoms with Crippen LogP contribution in [0.3, 0.4) is 0 Å². The fourth-order valence-electron chi connectivity index (χ4n) is 2.44. The van der Waals surface area contributed by atoms with Gasteiger partial charge in [0, 0.05) is 11.1 Å². The second kappa shape index (κ2) is 5.15. The maximum Gasteiger partial charge on any atom is 0.131 e. The summed E-state index contributed by atoms with van der Waals surface area (Å²) in [6, 6.07) is 15.9. The van der Waals surface area contributed by atoms with E-state index >= 15 is 0 Å². The van der Waals surface area contributed by atoms with Crippen molar-refractivity contribution in [3.63, 3.8) is 0 Å². The van der Waals surface area contributed by atoms with Crippen molar-refractivity contribution in [1.29, 1.82) is 0 Å². The van der Waals surface area contributed by atoms with Crippen LogP contribution in [0.5, 0.6) is 5.75 Å². The van der Waals surface area contributed by atoms with E-state index in [0.717, 1.165) is 35.1 Å². The van der Waals surface area contributed by atoms with Gasteiger partial charge in [-0.1, -0.05) is 66.8 Å². The van der Waals surface area contributed by atoms with Crippen molar-refractivity contribution in [2.24, 2.45) is 0 Å². The highest BCUT2D eigenvalue weighted by molar-refractivity contribution is 5.84. The predicted octanol–water partition coefficient (Wildman–Crippen LogP) is 4.79. The Morgan fingerprint density at radius 2 is 1.58 bits per heavy atom. The Bertz CT molecular complexity index is 636. The van der Waals surface area contributed by atoms with Gasteiger partial charge in [0.2, 0.25) is 0 Å². The zero-order valence-corrected chi connectivity index (χ0v) is 10.7. The minimum absolute atomic E-state index is 0.367. The Balaban J connectivity index is 2.09. The first kappa shape index (κ1) is 11.8. The van der Waals surface area contributed by atoms with Crippen LogP contribution in [0, 0.1) is 0 Å². The topological polar surface area (TPSA) is 20.2 Å². The number of rotatable bonds is 2. The molecule has 0 amide bonds. The van der Waals surface area contributed by atoms with Crippen LogP contribution < -0.4 is 0 Å². The maximum absolute atomic E-state index is 10.5. The average Bonchev–Trinajstić information content (AvgIpc) is 2.49. The molecule has 0 aromatic heterocycles. The van der Waals surface area contributed by atoms with E-state index in [1.807, 2.05) is 48.5 Å². The molecule has 0 fully saturated rings. The first-order chi connectivity index (χ1) is 9.36. The van der Waals surface area contributed by atoms with E-state index in [9.17, 15) is 5.11 Å². The van der Waals surface area contributed by atoms with E-state index in [0.29, 0.717) is 5.75 Å². The van der Waals surface area contributed by atoms with E-state index in [1.165, 1.54) is 0 Å². The van der Waals surface area contributed by atoms with Gasteiger partial charge in [0.1, 0.15) is 5.75 Å². The molecular weight excluding hydrogens is 232 g/mol. The number of benzene rings is 2. The van der Waals surface area contributed by atoms with Crippen molar-refractivity contribution in [3.8, 4) is 16.9 Å². The lowest BCUT2D eigenvalue weighted by molar-refractivity contribution is 0.475. The first-order valence-electron chi connectivity index (χ1n) is 6.61. The second-order valence-corrected chi connectivity index (χ2v) is 4.71. The van der Waals surface area contributed by atoms with E-state index in [1.54, 1.807) is 0 Å². The molecule has 1 heteroatoms. The van der Waals surface area contributed by atoms with Crippen molar-refractivity contribution < 1.29 is 5.11 Å². The highest BCUT2D eigenvalue weighted by Gasteiger charge is 2.11. The molecule has 2 aromatic rings. The molecule has 2 aromatic carbocycles. The molecule has 0 aliphatic heterocycles. The molecule has 1 N–H and O–H groups in total. The molecule has 1 aliphatic rings. The van der Waals surface area contributed by atoms with E-state index in [4.69, 9.17) is 0 Å². The number of para-hydroxylation sites is 1. The van der Waals surface area contributed by atoms with E-state index in [-0.39, 0.29) is 0 Å². The SMILES string of the molecule is Oc1c(C2=CCCC=C2)cccc1-c1ccccc1. The molecule has 0 unspecified atom stereocenters. The van der Waals surface area contributed by atoms with Crippen LogP contribution in [-0.2, 0) is 0 Å². The Morgan fingerprint density at radius 3 is 2.32 bits per heavy atom. The van der Waals surface area contributed by atoms with E-state index < -0.39 is 0 Å². The minimum atomic E-state index is 0.367. The summed E-state index contributed by atoms with van der Waals surface area (Å²) in [5.41, 5.74) is 3.96. The van der Waals surface area contributed by atoms with Gasteiger partial charge in [-0.05, 0) is 24.0 Å². The number of phenols is 1. The Kier molecular flexibility index (Phi) is 3.20. The zero-order valence-electron chi connectivity index (χ0n) is 10.7. The summed E-state index contributed by atoms with van der Waals surface area (Å²) >= 11 is 0. The standard InChI is InChI=1S/C18H16O/c19-18-16(14-8-3-1-4-9-14)12-7-13-17(18)15-10-5-2-6-11-15/h1,3-5,7-13,19H,2,6H2. The zero-order chi connectivity index (χ0) is 13.1. The van der Waals surface area contributed by atoms with Crippen LogP contribution in [0.1, 0.15) is 18.4 Å². The molecule has 1 nitrogen and oxygen atoms in total. The molecule has 1 aliphatic carbocycles. The van der Waals surface area contributed by atoms with Gasteiger partial charge in [0.05, 0.1) is 0 Å². The van der Waals surface area contributed by atoms with Gasteiger partial charge in [-0.2, -0.15) is 0 Å². The van der Waals surface area contributed by atoms with Crippen molar-refractivity contribution in [2.75, 3.05) is 0 Å². The molecule has 0 saturated heterocycles. The van der Waals surface area contributed by atoms with Gasteiger partial charge >= 0.3 is 0 Å². The van der Waals surface area contributed by atoms with Crippen LogP contribution in [0.4, 0.5) is 0 Å². The van der Waals surface area contributed by atoms with Crippen LogP contribution in [0.2, 0.25) is 0 Å². The summed E-state index contributed by atoms with van der Waals surface area (Å²) < 4.78 is 0. The van der Waals surface area contributed by atoms with Gasteiger partial charge in [-0.3, -0.25) is 0 Å². The van der Waals surface area contributed by atoms with Gasteiger partial charge in [-0.25, -0.2) is 0 Å². The second-order valence-electron chi connectivity index (χ2n) is 4.71. The molecule has 0 saturated carbocycles. The largest absolute Gasteiger partial charge is 0.507 e. The number of hydrogen-bond donors (Lipinski definition) is 1. The third kappa shape index (κ3) is 2.32. The predicted molar refractivity (Wildman–Crippen MR) is 79.9 cm³/mol. The Hall–Kier alpha value is -2.28. The molecular formula is C18H16O. The highest BCUT2D eigenvalue weighted by Crippen LogP contribution is 2.36. The monoisotopic (exact) mass is 248 g/mol. The fourth-order valence-corrected chi connectivity index (χ4v) is 2.44. The van der Waals surface area contributed by atoms with Crippen molar-refractivity contribution >= 4 is 5.57 Å². The van der Waals surface area contributed by atoms with Gasteiger partial charge in [0.25, 0.3) is 0 Å². The number of hydrogen-bond acceptors (Lipinski definition) is 1. The van der Waals surface area contributed by atoms with Crippen molar-refractivity contribution in [3.05, 3.63) is 72.3 Å². The number of aromatic hydroxyl groups is 1. The molecule has 0 spiro atoms. The average molecular weight is 248 g/mol.